The lowest BCUT2D eigenvalue weighted by molar-refractivity contribution is 0.102. The van der Waals surface area contributed by atoms with Gasteiger partial charge in [-0.3, -0.25) is 9.78 Å². The Balaban J connectivity index is 2.20. The van der Waals surface area contributed by atoms with E-state index in [1.165, 1.54) is 12.4 Å². The lowest BCUT2D eigenvalue weighted by atomic mass is 10.1. The molecule has 19 heavy (non-hydrogen) atoms. The van der Waals surface area contributed by atoms with E-state index in [-0.39, 0.29) is 11.6 Å². The number of hydrazine groups is 1. The summed E-state index contributed by atoms with van der Waals surface area (Å²) in [4.78, 5) is 19.9. The van der Waals surface area contributed by atoms with Crippen LogP contribution in [0.1, 0.15) is 21.6 Å². The number of aromatic nitrogens is 2. The van der Waals surface area contributed by atoms with E-state index >= 15 is 0 Å². The van der Waals surface area contributed by atoms with Crippen LogP contribution in [-0.2, 0) is 0 Å². The van der Waals surface area contributed by atoms with Crippen molar-refractivity contribution in [2.24, 2.45) is 5.84 Å². The average molecular weight is 257 g/mol. The van der Waals surface area contributed by atoms with E-state index in [4.69, 9.17) is 5.84 Å². The number of nitrogens with two attached hydrogens (primary N) is 1. The third-order valence-electron chi connectivity index (χ3n) is 2.49. The predicted octanol–water partition coefficient (Wildman–Crippen LogP) is 1.63. The van der Waals surface area contributed by atoms with Crippen LogP contribution in [0.3, 0.4) is 0 Å². The highest BCUT2D eigenvalue weighted by molar-refractivity contribution is 6.02. The van der Waals surface area contributed by atoms with Crippen molar-refractivity contribution >= 4 is 17.4 Å². The minimum atomic E-state index is -0.324. The molecule has 1 amide bonds. The van der Waals surface area contributed by atoms with Crippen molar-refractivity contribution in [2.75, 3.05) is 10.7 Å². The van der Waals surface area contributed by atoms with Gasteiger partial charge in [0.15, 0.2) is 5.82 Å². The number of amides is 1. The van der Waals surface area contributed by atoms with E-state index < -0.39 is 0 Å². The Bertz CT molecular complexity index is 591. The fourth-order valence-electron chi connectivity index (χ4n) is 1.79. The van der Waals surface area contributed by atoms with Gasteiger partial charge in [0.1, 0.15) is 5.69 Å². The number of rotatable bonds is 3. The number of nitrogens with one attached hydrogen (secondary N) is 2. The molecule has 6 nitrogen and oxygen atoms in total. The van der Waals surface area contributed by atoms with Gasteiger partial charge in [0.05, 0.1) is 12.4 Å². The van der Waals surface area contributed by atoms with Gasteiger partial charge in [-0.1, -0.05) is 6.07 Å². The maximum absolute atomic E-state index is 12.0. The zero-order valence-corrected chi connectivity index (χ0v) is 10.8. The van der Waals surface area contributed by atoms with Crippen molar-refractivity contribution in [3.63, 3.8) is 0 Å². The Morgan fingerprint density at radius 1 is 1.16 bits per heavy atom. The lowest BCUT2D eigenvalue weighted by Gasteiger charge is -2.07. The van der Waals surface area contributed by atoms with Crippen LogP contribution in [-0.4, -0.2) is 15.9 Å². The van der Waals surface area contributed by atoms with Crippen molar-refractivity contribution in [3.05, 3.63) is 47.4 Å². The van der Waals surface area contributed by atoms with Crippen LogP contribution >= 0.6 is 0 Å². The summed E-state index contributed by atoms with van der Waals surface area (Å²) in [6, 6.07) is 5.82. The molecule has 0 aliphatic carbocycles. The highest BCUT2D eigenvalue weighted by Gasteiger charge is 2.09. The monoisotopic (exact) mass is 257 g/mol. The van der Waals surface area contributed by atoms with E-state index in [2.05, 4.69) is 20.7 Å². The summed E-state index contributed by atoms with van der Waals surface area (Å²) < 4.78 is 0. The van der Waals surface area contributed by atoms with Crippen LogP contribution in [0.2, 0.25) is 0 Å². The third-order valence-corrected chi connectivity index (χ3v) is 2.49. The van der Waals surface area contributed by atoms with E-state index in [1.54, 1.807) is 0 Å². The van der Waals surface area contributed by atoms with Crippen LogP contribution < -0.4 is 16.6 Å². The number of carbonyl (C=O) groups is 1. The molecule has 0 unspecified atom stereocenters. The summed E-state index contributed by atoms with van der Waals surface area (Å²) in [5.74, 6) is 5.24. The maximum atomic E-state index is 12.0. The molecular formula is C13H15N5O. The third kappa shape index (κ3) is 3.26. The molecule has 1 heterocycles. The van der Waals surface area contributed by atoms with Crippen LogP contribution in [0.15, 0.2) is 30.6 Å². The van der Waals surface area contributed by atoms with Gasteiger partial charge in [0.25, 0.3) is 5.91 Å². The molecule has 4 N–H and O–H groups in total. The number of nitrogen functional groups attached to an aromatic ring is 1. The molecule has 0 radical (unpaired) electrons. The first-order chi connectivity index (χ1) is 9.08. The van der Waals surface area contributed by atoms with Crippen LogP contribution in [0.25, 0.3) is 0 Å². The molecule has 0 saturated carbocycles. The molecule has 0 spiro atoms. The molecular weight excluding hydrogens is 242 g/mol. The summed E-state index contributed by atoms with van der Waals surface area (Å²) in [6.45, 7) is 3.95. The number of anilines is 2. The summed E-state index contributed by atoms with van der Waals surface area (Å²) in [6.07, 6.45) is 2.83. The van der Waals surface area contributed by atoms with Gasteiger partial charge in [0.2, 0.25) is 0 Å². The molecule has 0 atom stereocenters. The number of hydrogen-bond donors (Lipinski definition) is 3. The first-order valence-corrected chi connectivity index (χ1v) is 5.77. The number of nitrogens with zero attached hydrogens (tertiary/aromatic N) is 2. The minimum absolute atomic E-state index is 0.203. The van der Waals surface area contributed by atoms with Crippen LogP contribution in [0.5, 0.6) is 0 Å². The fourth-order valence-corrected chi connectivity index (χ4v) is 1.79. The predicted molar refractivity (Wildman–Crippen MR) is 73.7 cm³/mol. The van der Waals surface area contributed by atoms with Crippen molar-refractivity contribution in [2.45, 2.75) is 13.8 Å². The number of aryl methyl sites for hydroxylation is 2. The Morgan fingerprint density at radius 3 is 2.47 bits per heavy atom. The van der Waals surface area contributed by atoms with Crippen LogP contribution in [0, 0.1) is 13.8 Å². The number of benzene rings is 1. The zero-order valence-electron chi connectivity index (χ0n) is 10.8. The Kier molecular flexibility index (Phi) is 3.72. The normalized spacial score (nSPS) is 10.1. The SMILES string of the molecule is Cc1cc(C)cc(NC(=O)c2cncc(NN)n2)c1. The largest absolute Gasteiger partial charge is 0.321 e. The van der Waals surface area contributed by atoms with Gasteiger partial charge in [0, 0.05) is 5.69 Å². The van der Waals surface area contributed by atoms with Crippen molar-refractivity contribution in [1.29, 1.82) is 0 Å². The van der Waals surface area contributed by atoms with Gasteiger partial charge in [-0.2, -0.15) is 0 Å². The van der Waals surface area contributed by atoms with Gasteiger partial charge < -0.3 is 10.7 Å². The molecule has 0 bridgehead atoms. The summed E-state index contributed by atoms with van der Waals surface area (Å²) in [5.41, 5.74) is 5.45. The van der Waals surface area contributed by atoms with E-state index in [0.717, 1.165) is 16.8 Å². The second-order valence-electron chi connectivity index (χ2n) is 4.26. The lowest BCUT2D eigenvalue weighted by Crippen LogP contribution is -2.16. The Labute approximate surface area is 111 Å². The average Bonchev–Trinajstić information content (AvgIpc) is 2.37. The topological polar surface area (TPSA) is 92.9 Å². The molecule has 0 saturated heterocycles. The summed E-state index contributed by atoms with van der Waals surface area (Å²) in [5, 5.41) is 2.78. The standard InChI is InChI=1S/C13H15N5O/c1-8-3-9(2)5-10(4-8)16-13(19)11-6-15-7-12(17-11)18-14/h3-7H,14H2,1-2H3,(H,16,19)(H,17,18). The first-order valence-electron chi connectivity index (χ1n) is 5.77. The van der Waals surface area contributed by atoms with Crippen LogP contribution in [0.4, 0.5) is 11.5 Å². The maximum Gasteiger partial charge on any atom is 0.275 e. The molecule has 0 aliphatic rings. The van der Waals surface area contributed by atoms with Crippen molar-refractivity contribution in [3.8, 4) is 0 Å². The Morgan fingerprint density at radius 2 is 1.84 bits per heavy atom. The summed E-state index contributed by atoms with van der Waals surface area (Å²) in [7, 11) is 0. The second-order valence-corrected chi connectivity index (χ2v) is 4.26. The number of hydrogen-bond acceptors (Lipinski definition) is 5. The highest BCUT2D eigenvalue weighted by atomic mass is 16.1. The number of carbonyl (C=O) groups excluding carboxylic acids is 1. The molecule has 2 aromatic rings. The second kappa shape index (κ2) is 5.45. The van der Waals surface area contributed by atoms with Gasteiger partial charge in [-0.25, -0.2) is 10.8 Å². The smallest absolute Gasteiger partial charge is 0.275 e. The zero-order chi connectivity index (χ0) is 13.8. The Hall–Kier alpha value is -2.47. The van der Waals surface area contributed by atoms with E-state index in [9.17, 15) is 4.79 Å². The van der Waals surface area contributed by atoms with Gasteiger partial charge in [-0.05, 0) is 37.1 Å². The first kappa shape index (κ1) is 13.0. The quantitative estimate of drug-likeness (QED) is 0.574. The molecule has 0 aliphatic heterocycles. The summed E-state index contributed by atoms with van der Waals surface area (Å²) >= 11 is 0. The van der Waals surface area contributed by atoms with Gasteiger partial charge >= 0.3 is 0 Å². The van der Waals surface area contributed by atoms with Crippen molar-refractivity contribution < 1.29 is 4.79 Å². The van der Waals surface area contributed by atoms with E-state index in [1.807, 2.05) is 32.0 Å². The molecule has 1 aromatic heterocycles. The molecule has 1 aromatic carbocycles. The van der Waals surface area contributed by atoms with E-state index in [0.29, 0.717) is 5.82 Å². The molecule has 6 heteroatoms. The van der Waals surface area contributed by atoms with Crippen molar-refractivity contribution in [1.82, 2.24) is 9.97 Å². The molecule has 0 fully saturated rings. The molecule has 2 rings (SSSR count). The highest BCUT2D eigenvalue weighted by Crippen LogP contribution is 2.14. The fraction of sp³-hybridized carbons (Fsp3) is 0.154. The minimum Gasteiger partial charge on any atom is -0.321 e. The van der Waals surface area contributed by atoms with Gasteiger partial charge in [-0.15, -0.1) is 0 Å². The molecule has 98 valence electrons.